The van der Waals surface area contributed by atoms with Gasteiger partial charge in [-0.15, -0.1) is 0 Å². The molecular formula is C13H30N2O. The van der Waals surface area contributed by atoms with Gasteiger partial charge in [0.05, 0.1) is 6.61 Å². The molecule has 0 fully saturated rings. The third-order valence-corrected chi connectivity index (χ3v) is 2.64. The number of nitrogens with two attached hydrogens (primary N) is 1. The minimum atomic E-state index is 0.706. The zero-order chi connectivity index (χ0) is 11.9. The van der Waals surface area contributed by atoms with Crippen molar-refractivity contribution in [3.05, 3.63) is 0 Å². The van der Waals surface area contributed by atoms with Crippen molar-refractivity contribution in [2.24, 2.45) is 5.73 Å². The average molecular weight is 230 g/mol. The highest BCUT2D eigenvalue weighted by Gasteiger charge is 1.91. The van der Waals surface area contributed by atoms with Crippen LogP contribution in [0.15, 0.2) is 0 Å². The second kappa shape index (κ2) is 14.9. The third kappa shape index (κ3) is 13.9. The molecule has 0 heterocycles. The normalized spacial score (nSPS) is 10.9. The van der Waals surface area contributed by atoms with E-state index >= 15 is 0 Å². The lowest BCUT2D eigenvalue weighted by Crippen LogP contribution is -2.26. The summed E-state index contributed by atoms with van der Waals surface area (Å²) in [6, 6.07) is 0. The molecule has 0 rings (SSSR count). The first kappa shape index (κ1) is 15.9. The van der Waals surface area contributed by atoms with Gasteiger partial charge in [0.1, 0.15) is 0 Å². The van der Waals surface area contributed by atoms with Crippen molar-refractivity contribution >= 4 is 0 Å². The van der Waals surface area contributed by atoms with E-state index in [2.05, 4.69) is 12.2 Å². The molecule has 3 N–H and O–H groups in total. The molecule has 0 unspecified atom stereocenters. The maximum atomic E-state index is 5.50. The van der Waals surface area contributed by atoms with Gasteiger partial charge >= 0.3 is 0 Å². The first-order valence-electron chi connectivity index (χ1n) is 6.90. The lowest BCUT2D eigenvalue weighted by molar-refractivity contribution is 0.132. The van der Waals surface area contributed by atoms with E-state index in [1.807, 2.05) is 0 Å². The fraction of sp³-hybridized carbons (Fsp3) is 1.00. The van der Waals surface area contributed by atoms with Crippen LogP contribution in [0, 0.1) is 0 Å². The Hall–Kier alpha value is -0.120. The predicted octanol–water partition coefficient (Wildman–Crippen LogP) is 2.30. The zero-order valence-electron chi connectivity index (χ0n) is 11.0. The largest absolute Gasteiger partial charge is 0.380 e. The Kier molecular flexibility index (Phi) is 14.8. The summed E-state index contributed by atoms with van der Waals surface area (Å²) < 4.78 is 5.50. The Balaban J connectivity index is 2.83. The van der Waals surface area contributed by atoms with Gasteiger partial charge in [-0.2, -0.15) is 0 Å². The van der Waals surface area contributed by atoms with Crippen molar-refractivity contribution < 1.29 is 4.74 Å². The summed E-state index contributed by atoms with van der Waals surface area (Å²) in [6.07, 6.45) is 9.42. The van der Waals surface area contributed by atoms with Gasteiger partial charge in [-0.3, -0.25) is 0 Å². The minimum Gasteiger partial charge on any atom is -0.380 e. The van der Waals surface area contributed by atoms with Crippen LogP contribution in [0.4, 0.5) is 0 Å². The highest BCUT2D eigenvalue weighted by Crippen LogP contribution is 2.06. The van der Waals surface area contributed by atoms with Crippen LogP contribution in [0.1, 0.15) is 51.9 Å². The summed E-state index contributed by atoms with van der Waals surface area (Å²) >= 11 is 0. The molecular weight excluding hydrogens is 200 g/mol. The monoisotopic (exact) mass is 230 g/mol. The van der Waals surface area contributed by atoms with Crippen LogP contribution in [0.5, 0.6) is 0 Å². The van der Waals surface area contributed by atoms with Gasteiger partial charge in [0.2, 0.25) is 0 Å². The smallest absolute Gasteiger partial charge is 0.0590 e. The Morgan fingerprint density at radius 3 is 2.25 bits per heavy atom. The lowest BCUT2D eigenvalue weighted by atomic mass is 10.1. The van der Waals surface area contributed by atoms with E-state index in [1.165, 1.54) is 44.9 Å². The van der Waals surface area contributed by atoms with Crippen molar-refractivity contribution in [2.45, 2.75) is 51.9 Å². The Morgan fingerprint density at radius 1 is 0.875 bits per heavy atom. The van der Waals surface area contributed by atoms with Gasteiger partial charge in [0.15, 0.2) is 0 Å². The molecule has 0 atom stereocenters. The standard InChI is InChI=1S/C13H30N2O/c1-2-3-4-5-6-7-8-12-16-13-11-15-10-9-14/h15H,2-14H2,1H3. The van der Waals surface area contributed by atoms with Gasteiger partial charge in [-0.05, 0) is 6.42 Å². The highest BCUT2D eigenvalue weighted by molar-refractivity contribution is 4.47. The minimum absolute atomic E-state index is 0.706. The summed E-state index contributed by atoms with van der Waals surface area (Å²) in [4.78, 5) is 0. The molecule has 3 heteroatoms. The van der Waals surface area contributed by atoms with Crippen molar-refractivity contribution in [2.75, 3.05) is 32.8 Å². The fourth-order valence-electron chi connectivity index (χ4n) is 1.63. The first-order valence-corrected chi connectivity index (χ1v) is 6.90. The van der Waals surface area contributed by atoms with E-state index in [-0.39, 0.29) is 0 Å². The molecule has 0 bridgehead atoms. The van der Waals surface area contributed by atoms with Gasteiger partial charge in [-0.25, -0.2) is 0 Å². The molecule has 0 aliphatic heterocycles. The van der Waals surface area contributed by atoms with E-state index in [4.69, 9.17) is 10.5 Å². The number of rotatable bonds is 13. The fourth-order valence-corrected chi connectivity index (χ4v) is 1.63. The first-order chi connectivity index (χ1) is 7.91. The summed E-state index contributed by atoms with van der Waals surface area (Å²) in [5, 5.41) is 3.21. The summed E-state index contributed by atoms with van der Waals surface area (Å²) in [5.41, 5.74) is 5.36. The van der Waals surface area contributed by atoms with Crippen LogP contribution in [-0.2, 0) is 4.74 Å². The third-order valence-electron chi connectivity index (χ3n) is 2.64. The van der Waals surface area contributed by atoms with Crippen LogP contribution in [0.3, 0.4) is 0 Å². The molecule has 0 spiro atoms. The van der Waals surface area contributed by atoms with Gasteiger partial charge in [0, 0.05) is 26.2 Å². The second-order valence-corrected chi connectivity index (χ2v) is 4.27. The molecule has 0 aromatic rings. The topological polar surface area (TPSA) is 47.3 Å². The molecule has 0 radical (unpaired) electrons. The van der Waals surface area contributed by atoms with E-state index in [0.29, 0.717) is 6.54 Å². The summed E-state index contributed by atoms with van der Waals surface area (Å²) in [7, 11) is 0. The van der Waals surface area contributed by atoms with Crippen LogP contribution < -0.4 is 11.1 Å². The van der Waals surface area contributed by atoms with E-state index < -0.39 is 0 Å². The zero-order valence-corrected chi connectivity index (χ0v) is 11.0. The van der Waals surface area contributed by atoms with E-state index in [0.717, 1.165) is 26.3 Å². The quantitative estimate of drug-likeness (QED) is 0.477. The van der Waals surface area contributed by atoms with E-state index in [9.17, 15) is 0 Å². The molecule has 16 heavy (non-hydrogen) atoms. The number of hydrogen-bond donors (Lipinski definition) is 2. The average Bonchev–Trinajstić information content (AvgIpc) is 2.31. The van der Waals surface area contributed by atoms with Crippen molar-refractivity contribution in [3.8, 4) is 0 Å². The Labute approximate surface area is 101 Å². The van der Waals surface area contributed by atoms with Gasteiger partial charge < -0.3 is 15.8 Å². The molecule has 0 saturated carbocycles. The second-order valence-electron chi connectivity index (χ2n) is 4.27. The summed E-state index contributed by atoms with van der Waals surface area (Å²) in [5.74, 6) is 0. The molecule has 0 aliphatic carbocycles. The Bertz CT molecular complexity index is 107. The van der Waals surface area contributed by atoms with Crippen molar-refractivity contribution in [1.29, 1.82) is 0 Å². The highest BCUT2D eigenvalue weighted by atomic mass is 16.5. The van der Waals surface area contributed by atoms with Crippen molar-refractivity contribution in [3.63, 3.8) is 0 Å². The molecule has 3 nitrogen and oxygen atoms in total. The SMILES string of the molecule is CCCCCCCCCOCCNCCN. The number of unbranched alkanes of at least 4 members (excludes halogenated alkanes) is 6. The van der Waals surface area contributed by atoms with Crippen LogP contribution in [-0.4, -0.2) is 32.8 Å². The predicted molar refractivity (Wildman–Crippen MR) is 70.7 cm³/mol. The van der Waals surface area contributed by atoms with Gasteiger partial charge in [0.25, 0.3) is 0 Å². The number of hydrogen-bond acceptors (Lipinski definition) is 3. The lowest BCUT2D eigenvalue weighted by Gasteiger charge is -2.05. The van der Waals surface area contributed by atoms with Crippen molar-refractivity contribution in [1.82, 2.24) is 5.32 Å². The maximum absolute atomic E-state index is 5.50. The molecule has 0 aliphatic rings. The van der Waals surface area contributed by atoms with Crippen LogP contribution in [0.25, 0.3) is 0 Å². The molecule has 98 valence electrons. The van der Waals surface area contributed by atoms with Gasteiger partial charge in [-0.1, -0.05) is 45.4 Å². The molecule has 0 amide bonds. The molecule has 0 saturated heterocycles. The maximum Gasteiger partial charge on any atom is 0.0590 e. The number of nitrogens with one attached hydrogen (secondary N) is 1. The van der Waals surface area contributed by atoms with Crippen LogP contribution >= 0.6 is 0 Å². The summed E-state index contributed by atoms with van der Waals surface area (Å²) in [6.45, 7) is 6.51. The van der Waals surface area contributed by atoms with Crippen LogP contribution in [0.2, 0.25) is 0 Å². The van der Waals surface area contributed by atoms with E-state index in [1.54, 1.807) is 0 Å². The molecule has 0 aromatic heterocycles. The number of ether oxygens (including phenoxy) is 1. The molecule has 0 aromatic carbocycles. The Morgan fingerprint density at radius 2 is 1.56 bits per heavy atom.